The minimum Gasteiger partial charge on any atom is -0.462 e. The molecule has 0 aromatic heterocycles. The summed E-state index contributed by atoms with van der Waals surface area (Å²) in [6, 6.07) is 0. The second-order valence-corrected chi connectivity index (χ2v) is 9.88. The first-order valence-corrected chi connectivity index (χ1v) is 13.6. The van der Waals surface area contributed by atoms with Crippen molar-refractivity contribution in [3.05, 3.63) is 0 Å². The zero-order valence-corrected chi connectivity index (χ0v) is 22.8. The molecule has 0 aliphatic carbocycles. The van der Waals surface area contributed by atoms with Gasteiger partial charge in [0.1, 0.15) is 55.4 Å². The van der Waals surface area contributed by atoms with E-state index in [1.807, 2.05) is 6.92 Å². The van der Waals surface area contributed by atoms with E-state index in [2.05, 4.69) is 0 Å². The van der Waals surface area contributed by atoms with E-state index in [4.69, 9.17) is 28.4 Å². The Hall–Kier alpha value is -1.50. The lowest BCUT2D eigenvalue weighted by Crippen LogP contribution is -2.61. The molecule has 0 spiro atoms. The molecule has 0 aromatic rings. The van der Waals surface area contributed by atoms with Crippen LogP contribution in [-0.2, 0) is 38.0 Å². The number of esters is 2. The number of aliphatic hydroxyl groups excluding tert-OH is 7. The van der Waals surface area contributed by atoms with E-state index in [9.17, 15) is 45.3 Å². The van der Waals surface area contributed by atoms with Gasteiger partial charge in [-0.2, -0.15) is 0 Å². The fraction of sp³-hybridized carbons (Fsp3) is 0.920. The summed E-state index contributed by atoms with van der Waals surface area (Å²) in [4.78, 5) is 24.1. The van der Waals surface area contributed by atoms with Crippen LogP contribution in [0.5, 0.6) is 0 Å². The molecular weight excluding hydrogens is 540 g/mol. The molecule has 0 amide bonds. The summed E-state index contributed by atoms with van der Waals surface area (Å²) in [5.41, 5.74) is 0. The van der Waals surface area contributed by atoms with E-state index in [1.54, 1.807) is 6.92 Å². The second kappa shape index (κ2) is 17.5. The quantitative estimate of drug-likeness (QED) is 0.0732. The van der Waals surface area contributed by atoms with Crippen molar-refractivity contribution in [2.45, 2.75) is 120 Å². The maximum Gasteiger partial charge on any atom is 0.306 e. The van der Waals surface area contributed by atoms with Gasteiger partial charge in [0.2, 0.25) is 0 Å². The highest BCUT2D eigenvalue weighted by Gasteiger charge is 2.47. The van der Waals surface area contributed by atoms with Crippen LogP contribution < -0.4 is 0 Å². The van der Waals surface area contributed by atoms with Gasteiger partial charge in [0.25, 0.3) is 0 Å². The minimum atomic E-state index is -1.75. The molecule has 15 nitrogen and oxygen atoms in total. The lowest BCUT2D eigenvalue weighted by Gasteiger charge is -2.42. The Balaban J connectivity index is 1.99. The standard InChI is InChI=1S/C25H44O15/c1-3-5-6-8-17(28)38-13(10-35-16(27)7-4-2)11-36-24-23(34)21(32)19(30)15(40-24)12-37-25-22(33)20(31)18(29)14(9-26)39-25/h13-15,18-26,29-34H,3-12H2,1-2H3. The molecular formula is C25H44O15. The third kappa shape index (κ3) is 10.1. The summed E-state index contributed by atoms with van der Waals surface area (Å²) < 4.78 is 32.3. The summed E-state index contributed by atoms with van der Waals surface area (Å²) >= 11 is 0. The Morgan fingerprint density at radius 3 is 1.90 bits per heavy atom. The fourth-order valence-electron chi connectivity index (χ4n) is 4.13. The normalized spacial score (nSPS) is 35.2. The molecule has 15 heteroatoms. The first kappa shape index (κ1) is 34.7. The summed E-state index contributed by atoms with van der Waals surface area (Å²) in [5, 5.41) is 70.4. The molecule has 2 rings (SSSR count). The summed E-state index contributed by atoms with van der Waals surface area (Å²) in [7, 11) is 0. The van der Waals surface area contributed by atoms with Crippen molar-refractivity contribution in [1.82, 2.24) is 0 Å². The van der Waals surface area contributed by atoms with E-state index < -0.39 is 92.7 Å². The molecule has 11 atom stereocenters. The van der Waals surface area contributed by atoms with Crippen LogP contribution in [0.15, 0.2) is 0 Å². The molecule has 0 radical (unpaired) electrons. The maximum atomic E-state index is 12.2. The Bertz CT molecular complexity index is 752. The Morgan fingerprint density at radius 2 is 1.30 bits per heavy atom. The molecule has 2 fully saturated rings. The molecule has 0 aromatic carbocycles. The molecule has 7 N–H and O–H groups in total. The van der Waals surface area contributed by atoms with Gasteiger partial charge in [-0.25, -0.2) is 0 Å². The predicted molar refractivity (Wildman–Crippen MR) is 132 cm³/mol. The lowest BCUT2D eigenvalue weighted by atomic mass is 9.98. The van der Waals surface area contributed by atoms with Crippen molar-refractivity contribution in [2.75, 3.05) is 26.4 Å². The molecule has 0 saturated carbocycles. The molecule has 0 bridgehead atoms. The second-order valence-electron chi connectivity index (χ2n) is 9.88. The van der Waals surface area contributed by atoms with Gasteiger partial charge in [0.15, 0.2) is 18.7 Å². The Morgan fingerprint density at radius 1 is 0.700 bits per heavy atom. The van der Waals surface area contributed by atoms with E-state index >= 15 is 0 Å². The summed E-state index contributed by atoms with van der Waals surface area (Å²) in [6.07, 6.45) is -13.5. The molecule has 11 unspecified atom stereocenters. The Labute approximate surface area is 232 Å². The topological polar surface area (TPSA) is 231 Å². The SMILES string of the molecule is CCCCCC(=O)OC(COC(=O)CCC)COC1OC(COC2OC(CO)C(O)C(O)C2O)C(O)C(O)C1O. The summed E-state index contributed by atoms with van der Waals surface area (Å²) in [5.74, 6) is -1.02. The maximum absolute atomic E-state index is 12.2. The molecule has 2 saturated heterocycles. The molecule has 2 aliphatic heterocycles. The highest BCUT2D eigenvalue weighted by molar-refractivity contribution is 5.70. The average molecular weight is 585 g/mol. The molecule has 40 heavy (non-hydrogen) atoms. The van der Waals surface area contributed by atoms with E-state index in [1.165, 1.54) is 0 Å². The van der Waals surface area contributed by atoms with Crippen molar-refractivity contribution >= 4 is 11.9 Å². The number of aliphatic hydroxyl groups is 7. The third-order valence-corrected chi connectivity index (χ3v) is 6.56. The van der Waals surface area contributed by atoms with Crippen molar-refractivity contribution in [3.8, 4) is 0 Å². The largest absolute Gasteiger partial charge is 0.462 e. The van der Waals surface area contributed by atoms with Crippen LogP contribution in [0, 0.1) is 0 Å². The van der Waals surface area contributed by atoms with Crippen LogP contribution in [0.1, 0.15) is 52.4 Å². The fourth-order valence-corrected chi connectivity index (χ4v) is 4.13. The predicted octanol–water partition coefficient (Wildman–Crippen LogP) is -2.54. The van der Waals surface area contributed by atoms with Gasteiger partial charge in [-0.1, -0.05) is 26.7 Å². The number of hydrogen-bond donors (Lipinski definition) is 7. The highest BCUT2D eigenvalue weighted by Crippen LogP contribution is 2.26. The number of hydrogen-bond acceptors (Lipinski definition) is 15. The van der Waals surface area contributed by atoms with Gasteiger partial charge >= 0.3 is 11.9 Å². The first-order valence-electron chi connectivity index (χ1n) is 13.6. The number of ether oxygens (including phenoxy) is 6. The van der Waals surface area contributed by atoms with Gasteiger partial charge in [0.05, 0.1) is 19.8 Å². The van der Waals surface area contributed by atoms with Crippen molar-refractivity contribution in [3.63, 3.8) is 0 Å². The van der Waals surface area contributed by atoms with Crippen LogP contribution in [0.4, 0.5) is 0 Å². The van der Waals surface area contributed by atoms with Crippen LogP contribution in [0.25, 0.3) is 0 Å². The van der Waals surface area contributed by atoms with Gasteiger partial charge < -0.3 is 64.2 Å². The van der Waals surface area contributed by atoms with E-state index in [0.29, 0.717) is 12.8 Å². The minimum absolute atomic E-state index is 0.151. The van der Waals surface area contributed by atoms with E-state index in [-0.39, 0.29) is 26.1 Å². The van der Waals surface area contributed by atoms with Crippen molar-refractivity contribution in [2.24, 2.45) is 0 Å². The summed E-state index contributed by atoms with van der Waals surface area (Å²) in [6.45, 7) is 1.89. The molecule has 234 valence electrons. The van der Waals surface area contributed by atoms with Crippen LogP contribution in [0.3, 0.4) is 0 Å². The zero-order valence-electron chi connectivity index (χ0n) is 22.8. The van der Waals surface area contributed by atoms with Crippen LogP contribution in [-0.4, -0.2) is 142 Å². The number of rotatable bonds is 16. The van der Waals surface area contributed by atoms with Gasteiger partial charge in [-0.05, 0) is 12.8 Å². The third-order valence-electron chi connectivity index (χ3n) is 6.56. The first-order chi connectivity index (χ1) is 19.0. The van der Waals surface area contributed by atoms with Crippen LogP contribution >= 0.6 is 0 Å². The van der Waals surface area contributed by atoms with Gasteiger partial charge in [-0.15, -0.1) is 0 Å². The number of carbonyl (C=O) groups is 2. The number of unbranched alkanes of at least 4 members (excludes halogenated alkanes) is 2. The average Bonchev–Trinajstić information content (AvgIpc) is 2.93. The van der Waals surface area contributed by atoms with Crippen molar-refractivity contribution < 1.29 is 73.8 Å². The monoisotopic (exact) mass is 584 g/mol. The lowest BCUT2D eigenvalue weighted by molar-refractivity contribution is -0.332. The molecule has 2 aliphatic rings. The Kier molecular flexibility index (Phi) is 15.1. The van der Waals surface area contributed by atoms with E-state index in [0.717, 1.165) is 12.8 Å². The number of carbonyl (C=O) groups excluding carboxylic acids is 2. The molecule has 2 heterocycles. The van der Waals surface area contributed by atoms with Gasteiger partial charge in [-0.3, -0.25) is 9.59 Å². The zero-order chi connectivity index (χ0) is 29.8. The van der Waals surface area contributed by atoms with Crippen molar-refractivity contribution in [1.29, 1.82) is 0 Å². The van der Waals surface area contributed by atoms with Crippen LogP contribution in [0.2, 0.25) is 0 Å². The van der Waals surface area contributed by atoms with Gasteiger partial charge in [0, 0.05) is 12.8 Å². The smallest absolute Gasteiger partial charge is 0.306 e. The highest BCUT2D eigenvalue weighted by atomic mass is 16.7.